The van der Waals surface area contributed by atoms with E-state index in [0.29, 0.717) is 5.39 Å². The molecule has 1 atom stereocenters. The fourth-order valence-corrected chi connectivity index (χ4v) is 1.75. The minimum atomic E-state index is -0.102. The Morgan fingerprint density at radius 2 is 2.12 bits per heavy atom. The molecule has 0 aliphatic rings. The lowest BCUT2D eigenvalue weighted by Crippen LogP contribution is -2.33. The van der Waals surface area contributed by atoms with Crippen LogP contribution in [0.25, 0.3) is 10.8 Å². The maximum atomic E-state index is 11.9. The monoisotopic (exact) mass is 232 g/mol. The first kappa shape index (κ1) is 11.7. The highest BCUT2D eigenvalue weighted by atomic mass is 16.3. The van der Waals surface area contributed by atoms with Gasteiger partial charge in [-0.3, -0.25) is 4.79 Å². The molecule has 1 aromatic carbocycles. The molecule has 2 rings (SSSR count). The van der Waals surface area contributed by atoms with Crippen LogP contribution in [0.1, 0.15) is 6.92 Å². The lowest BCUT2D eigenvalue weighted by atomic mass is 10.1. The van der Waals surface area contributed by atoms with Crippen LogP contribution in [0.2, 0.25) is 0 Å². The second-order valence-corrected chi connectivity index (χ2v) is 4.21. The summed E-state index contributed by atoms with van der Waals surface area (Å²) in [7, 11) is 1.85. The third-order valence-corrected chi connectivity index (χ3v) is 3.04. The molecule has 0 fully saturated rings. The lowest BCUT2D eigenvalue weighted by Gasteiger charge is -2.24. The number of rotatable bonds is 3. The number of anilines is 1. The first-order chi connectivity index (χ1) is 8.13. The highest BCUT2D eigenvalue weighted by Gasteiger charge is 2.10. The number of fused-ring (bicyclic) bond motifs is 1. The van der Waals surface area contributed by atoms with E-state index in [1.807, 2.05) is 43.1 Å². The van der Waals surface area contributed by atoms with Gasteiger partial charge in [-0.2, -0.15) is 0 Å². The molecule has 0 saturated carbocycles. The topological polar surface area (TPSA) is 56.3 Å². The molecule has 0 bridgehead atoms. The zero-order valence-corrected chi connectivity index (χ0v) is 9.97. The normalized spacial score (nSPS) is 12.6. The van der Waals surface area contributed by atoms with Crippen LogP contribution in [0.15, 0.2) is 35.1 Å². The molecule has 1 aromatic heterocycles. The van der Waals surface area contributed by atoms with E-state index < -0.39 is 0 Å². The van der Waals surface area contributed by atoms with Gasteiger partial charge in [0.1, 0.15) is 5.82 Å². The molecular formula is C13H16N2O2. The van der Waals surface area contributed by atoms with Gasteiger partial charge >= 0.3 is 0 Å². The Bertz CT molecular complexity index is 577. The molecule has 0 saturated heterocycles. The summed E-state index contributed by atoms with van der Waals surface area (Å²) < 4.78 is 0. The van der Waals surface area contributed by atoms with Crippen molar-refractivity contribution in [3.63, 3.8) is 0 Å². The van der Waals surface area contributed by atoms with Crippen molar-refractivity contribution in [2.75, 3.05) is 18.6 Å². The molecule has 2 N–H and O–H groups in total. The fourth-order valence-electron chi connectivity index (χ4n) is 1.75. The number of likely N-dealkylation sites (N-methyl/N-ethyl adjacent to an activating group) is 1. The number of nitrogens with zero attached hydrogens (tertiary/aromatic N) is 1. The Morgan fingerprint density at radius 3 is 2.82 bits per heavy atom. The molecule has 1 heterocycles. The molecular weight excluding hydrogens is 216 g/mol. The van der Waals surface area contributed by atoms with Crippen molar-refractivity contribution in [3.05, 3.63) is 40.7 Å². The summed E-state index contributed by atoms with van der Waals surface area (Å²) in [5.74, 6) is 0.718. The number of hydrogen-bond donors (Lipinski definition) is 2. The number of nitrogens with one attached hydrogen (secondary N) is 1. The number of aromatic nitrogens is 1. The van der Waals surface area contributed by atoms with Gasteiger partial charge in [-0.05, 0) is 24.4 Å². The van der Waals surface area contributed by atoms with E-state index in [1.54, 1.807) is 6.07 Å². The summed E-state index contributed by atoms with van der Waals surface area (Å²) in [6.07, 6.45) is 0. The molecule has 90 valence electrons. The Hall–Kier alpha value is -1.81. The lowest BCUT2D eigenvalue weighted by molar-refractivity contribution is 0.270. The maximum absolute atomic E-state index is 11.9. The summed E-state index contributed by atoms with van der Waals surface area (Å²) in [4.78, 5) is 16.5. The Labute approximate surface area is 99.5 Å². The van der Waals surface area contributed by atoms with Gasteiger partial charge in [-0.25, -0.2) is 0 Å². The van der Waals surface area contributed by atoms with Crippen molar-refractivity contribution in [3.8, 4) is 0 Å². The number of benzene rings is 1. The Kier molecular flexibility index (Phi) is 3.15. The van der Waals surface area contributed by atoms with Gasteiger partial charge in [-0.15, -0.1) is 0 Å². The van der Waals surface area contributed by atoms with Crippen LogP contribution in [-0.4, -0.2) is 29.8 Å². The molecule has 0 amide bonds. The summed E-state index contributed by atoms with van der Waals surface area (Å²) in [5.41, 5.74) is -0.102. The van der Waals surface area contributed by atoms with Gasteiger partial charge in [0.15, 0.2) is 0 Å². The van der Waals surface area contributed by atoms with E-state index in [4.69, 9.17) is 5.11 Å². The van der Waals surface area contributed by atoms with Crippen molar-refractivity contribution in [1.29, 1.82) is 0 Å². The van der Waals surface area contributed by atoms with Crippen molar-refractivity contribution in [2.24, 2.45) is 0 Å². The van der Waals surface area contributed by atoms with Crippen molar-refractivity contribution < 1.29 is 5.11 Å². The van der Waals surface area contributed by atoms with E-state index in [1.165, 1.54) is 0 Å². The predicted octanol–water partition coefficient (Wildman–Crippen LogP) is 1.35. The molecule has 0 spiro atoms. The molecule has 17 heavy (non-hydrogen) atoms. The minimum absolute atomic E-state index is 0.0354. The molecule has 0 radical (unpaired) electrons. The zero-order chi connectivity index (χ0) is 12.4. The molecule has 0 aliphatic carbocycles. The summed E-state index contributed by atoms with van der Waals surface area (Å²) in [6.45, 7) is 1.94. The summed E-state index contributed by atoms with van der Waals surface area (Å²) in [6, 6.07) is 9.34. The van der Waals surface area contributed by atoms with Gasteiger partial charge < -0.3 is 15.0 Å². The number of aliphatic hydroxyl groups excluding tert-OH is 1. The van der Waals surface area contributed by atoms with Crippen LogP contribution in [0.5, 0.6) is 0 Å². The Morgan fingerprint density at radius 1 is 1.41 bits per heavy atom. The Balaban J connectivity index is 2.54. The van der Waals surface area contributed by atoms with Crippen LogP contribution in [-0.2, 0) is 0 Å². The van der Waals surface area contributed by atoms with Gasteiger partial charge in [0, 0.05) is 12.4 Å². The zero-order valence-electron chi connectivity index (χ0n) is 9.97. The van der Waals surface area contributed by atoms with Crippen LogP contribution < -0.4 is 10.5 Å². The van der Waals surface area contributed by atoms with Crippen LogP contribution in [0.4, 0.5) is 5.82 Å². The molecule has 1 unspecified atom stereocenters. The summed E-state index contributed by atoms with van der Waals surface area (Å²) >= 11 is 0. The first-order valence-corrected chi connectivity index (χ1v) is 5.59. The second kappa shape index (κ2) is 4.59. The smallest absolute Gasteiger partial charge is 0.257 e. The number of aromatic amines is 1. The van der Waals surface area contributed by atoms with Gasteiger partial charge in [-0.1, -0.05) is 18.2 Å². The quantitative estimate of drug-likeness (QED) is 0.839. The average Bonchev–Trinajstić information content (AvgIpc) is 2.37. The summed E-state index contributed by atoms with van der Waals surface area (Å²) in [5, 5.41) is 10.7. The van der Waals surface area contributed by atoms with Gasteiger partial charge in [0.25, 0.3) is 5.56 Å². The predicted molar refractivity (Wildman–Crippen MR) is 69.5 cm³/mol. The fraction of sp³-hybridized carbons (Fsp3) is 0.308. The van der Waals surface area contributed by atoms with E-state index >= 15 is 0 Å². The number of hydrogen-bond acceptors (Lipinski definition) is 3. The van der Waals surface area contributed by atoms with Crippen LogP contribution in [0, 0.1) is 0 Å². The third-order valence-electron chi connectivity index (χ3n) is 3.04. The van der Waals surface area contributed by atoms with E-state index in [9.17, 15) is 4.79 Å². The number of H-pyrrole nitrogens is 1. The van der Waals surface area contributed by atoms with Crippen LogP contribution >= 0.6 is 0 Å². The van der Waals surface area contributed by atoms with E-state index in [0.717, 1.165) is 11.2 Å². The molecule has 0 aliphatic heterocycles. The van der Waals surface area contributed by atoms with Crippen molar-refractivity contribution in [2.45, 2.75) is 13.0 Å². The van der Waals surface area contributed by atoms with E-state index in [2.05, 4.69) is 4.98 Å². The third kappa shape index (κ3) is 2.17. The van der Waals surface area contributed by atoms with Gasteiger partial charge in [0.2, 0.25) is 0 Å². The van der Waals surface area contributed by atoms with E-state index in [-0.39, 0.29) is 18.2 Å². The largest absolute Gasteiger partial charge is 0.394 e. The van der Waals surface area contributed by atoms with Gasteiger partial charge in [0.05, 0.1) is 12.6 Å². The maximum Gasteiger partial charge on any atom is 0.257 e. The SMILES string of the molecule is CC(CO)N(C)c1cc2ccccc2c(=O)[nH]1. The average molecular weight is 232 g/mol. The van der Waals surface area contributed by atoms with Crippen molar-refractivity contribution in [1.82, 2.24) is 4.98 Å². The molecule has 4 nitrogen and oxygen atoms in total. The minimum Gasteiger partial charge on any atom is -0.394 e. The molecule has 4 heteroatoms. The second-order valence-electron chi connectivity index (χ2n) is 4.21. The standard InChI is InChI=1S/C13H16N2O2/c1-9(8-16)15(2)12-7-10-5-3-4-6-11(10)13(17)14-12/h3-7,9,16H,8H2,1-2H3,(H,14,17). The highest BCUT2D eigenvalue weighted by Crippen LogP contribution is 2.16. The molecule has 2 aromatic rings. The first-order valence-electron chi connectivity index (χ1n) is 5.59. The van der Waals surface area contributed by atoms with Crippen LogP contribution in [0.3, 0.4) is 0 Å². The highest BCUT2D eigenvalue weighted by molar-refractivity contribution is 5.83. The number of aliphatic hydroxyl groups is 1. The number of pyridine rings is 1. The van der Waals surface area contributed by atoms with Crippen molar-refractivity contribution >= 4 is 16.6 Å².